The molecule has 1 radical (unpaired) electrons. The number of nitrogens with one attached hydrogen (secondary N) is 2. The van der Waals surface area contributed by atoms with Crippen molar-refractivity contribution in [3.63, 3.8) is 0 Å². The van der Waals surface area contributed by atoms with Crippen LogP contribution in [-0.4, -0.2) is 36.2 Å². The van der Waals surface area contributed by atoms with E-state index in [1.807, 2.05) is 0 Å². The zero-order valence-corrected chi connectivity index (χ0v) is 21.5. The van der Waals surface area contributed by atoms with E-state index >= 15 is 0 Å². The molecule has 2 aromatic rings. The van der Waals surface area contributed by atoms with Crippen molar-refractivity contribution in [1.82, 2.24) is 10.2 Å². The number of nitrogens with zero attached hydrogens (tertiary/aromatic N) is 2. The number of anilines is 2. The minimum absolute atomic E-state index is 1.00. The summed E-state index contributed by atoms with van der Waals surface area (Å²) in [5.74, 6) is 0. The molecule has 0 fully saturated rings. The van der Waals surface area contributed by atoms with E-state index in [1.54, 1.807) is 0 Å². The van der Waals surface area contributed by atoms with E-state index < -0.39 is 0 Å². The molecule has 0 bridgehead atoms. The van der Waals surface area contributed by atoms with Crippen molar-refractivity contribution in [3.05, 3.63) is 59.7 Å². The number of rotatable bonds is 8. The Morgan fingerprint density at radius 3 is 1.28 bits per heavy atom. The molecule has 4 nitrogen and oxygen atoms in total. The van der Waals surface area contributed by atoms with Gasteiger partial charge in [-0.1, -0.05) is 0 Å². The average Bonchev–Trinajstić information content (AvgIpc) is 2.61. The van der Waals surface area contributed by atoms with E-state index in [0.29, 0.717) is 0 Å². The third kappa shape index (κ3) is 6.31. The van der Waals surface area contributed by atoms with Gasteiger partial charge < -0.3 is 0 Å². The summed E-state index contributed by atoms with van der Waals surface area (Å²) in [5.41, 5.74) is 4.93. The molecular weight excluding hydrogens is 671 g/mol. The Morgan fingerprint density at radius 1 is 0.680 bits per heavy atom. The van der Waals surface area contributed by atoms with Gasteiger partial charge in [0.25, 0.3) is 0 Å². The van der Waals surface area contributed by atoms with E-state index in [-0.39, 0.29) is 0 Å². The van der Waals surface area contributed by atoms with Crippen molar-refractivity contribution in [2.75, 3.05) is 38.0 Å². The molecule has 0 spiro atoms. The molecular formula is C18H22N4PW2. The molecule has 0 aromatic heterocycles. The van der Waals surface area contributed by atoms with E-state index in [0.717, 1.165) is 8.88 Å². The second kappa shape index (κ2) is 10.0. The zero-order chi connectivity index (χ0) is 18.4. The minimum atomic E-state index is 1.00. The summed E-state index contributed by atoms with van der Waals surface area (Å²) in [6.07, 6.45) is 0. The van der Waals surface area contributed by atoms with Crippen molar-refractivity contribution >= 4 is 28.3 Å². The van der Waals surface area contributed by atoms with Gasteiger partial charge >= 0.3 is 175 Å². The molecule has 131 valence electrons. The fourth-order valence-electron chi connectivity index (χ4n) is 2.08. The molecule has 0 amide bonds. The van der Waals surface area contributed by atoms with E-state index in [4.69, 9.17) is 0 Å². The predicted molar refractivity (Wildman–Crippen MR) is 103 cm³/mol. The van der Waals surface area contributed by atoms with Crippen LogP contribution in [-0.2, 0) is 38.7 Å². The van der Waals surface area contributed by atoms with Gasteiger partial charge in [-0.15, -0.1) is 0 Å². The van der Waals surface area contributed by atoms with E-state index in [9.17, 15) is 0 Å². The van der Waals surface area contributed by atoms with Crippen LogP contribution in [0.1, 0.15) is 11.1 Å². The van der Waals surface area contributed by atoms with Crippen molar-refractivity contribution < 1.29 is 38.7 Å². The van der Waals surface area contributed by atoms with Gasteiger partial charge in [-0.3, -0.25) is 0 Å². The molecule has 2 aromatic carbocycles. The van der Waals surface area contributed by atoms with Crippen LogP contribution in [0.15, 0.2) is 48.5 Å². The monoisotopic (exact) mass is 693 g/mol. The Labute approximate surface area is 174 Å². The zero-order valence-electron chi connectivity index (χ0n) is 14.8. The normalized spacial score (nSPS) is 10.4. The molecule has 25 heavy (non-hydrogen) atoms. The van der Waals surface area contributed by atoms with Crippen LogP contribution in [0.5, 0.6) is 0 Å². The van der Waals surface area contributed by atoms with Crippen LogP contribution < -0.4 is 20.0 Å². The molecule has 0 aliphatic heterocycles. The molecule has 0 atom stereocenters. The van der Waals surface area contributed by atoms with Gasteiger partial charge in [-0.05, 0) is 0 Å². The van der Waals surface area contributed by atoms with Crippen LogP contribution in [0, 0.1) is 0 Å². The van der Waals surface area contributed by atoms with Gasteiger partial charge in [0.05, 0.1) is 0 Å². The van der Waals surface area contributed by atoms with Gasteiger partial charge in [0, 0.05) is 0 Å². The fourth-order valence-corrected chi connectivity index (χ4v) is 4.56. The first-order valence-electron chi connectivity index (χ1n) is 7.73. The fraction of sp³-hybridized carbons (Fsp3) is 0.222. The molecule has 2 N–H and O–H groups in total. The van der Waals surface area contributed by atoms with Crippen molar-refractivity contribution in [1.29, 1.82) is 0 Å². The topological polar surface area (TPSA) is 30.5 Å². The van der Waals surface area contributed by atoms with Crippen molar-refractivity contribution in [2.24, 2.45) is 0 Å². The first kappa shape index (κ1) is 20.8. The van der Waals surface area contributed by atoms with Gasteiger partial charge in [0.15, 0.2) is 0 Å². The molecule has 0 unspecified atom stereocenters. The Hall–Kier alpha value is -0.493. The Balaban J connectivity index is 1.84. The summed E-state index contributed by atoms with van der Waals surface area (Å²) in [6.45, 7) is 0. The summed E-state index contributed by atoms with van der Waals surface area (Å²) in [5, 5.41) is 6.93. The summed E-state index contributed by atoms with van der Waals surface area (Å²) in [6, 6.07) is 17.3. The first-order valence-corrected chi connectivity index (χ1v) is 11.6. The van der Waals surface area contributed by atoms with Crippen LogP contribution in [0.2, 0.25) is 0 Å². The van der Waals surface area contributed by atoms with Crippen LogP contribution in [0.4, 0.5) is 11.4 Å². The van der Waals surface area contributed by atoms with E-state index in [2.05, 4.69) is 96.7 Å². The third-order valence-electron chi connectivity index (χ3n) is 3.61. The molecule has 2 rings (SSSR count). The average molecular weight is 693 g/mol. The maximum atomic E-state index is 3.46. The van der Waals surface area contributed by atoms with Gasteiger partial charge in [-0.2, -0.15) is 0 Å². The summed E-state index contributed by atoms with van der Waals surface area (Å²) in [4.78, 5) is 4.23. The van der Waals surface area contributed by atoms with E-state index in [1.165, 1.54) is 69.3 Å². The summed E-state index contributed by atoms with van der Waals surface area (Å²) < 4.78 is 2.48. The van der Waals surface area contributed by atoms with Gasteiger partial charge in [0.1, 0.15) is 0 Å². The maximum absolute atomic E-state index is 3.46. The van der Waals surface area contributed by atoms with Crippen molar-refractivity contribution in [3.8, 4) is 0 Å². The summed E-state index contributed by atoms with van der Waals surface area (Å²) >= 11 is 2.87. The standard InChI is InChI=1S/C18H22N4P.2W/c1-21(2)17-9-5-15(6-10-17)13-19-23-20-14-16-7-11-18(12-8-16)22(3)4;;/h5-12,19-20H,1-4H3;;. The molecule has 0 aliphatic rings. The quantitative estimate of drug-likeness (QED) is 0.417. The Bertz CT molecular complexity index is 664. The van der Waals surface area contributed by atoms with Crippen LogP contribution in [0.25, 0.3) is 0 Å². The van der Waals surface area contributed by atoms with Crippen molar-refractivity contribution in [2.45, 2.75) is 0 Å². The van der Waals surface area contributed by atoms with Gasteiger partial charge in [-0.25, -0.2) is 0 Å². The van der Waals surface area contributed by atoms with Gasteiger partial charge in [0.2, 0.25) is 0 Å². The number of benzene rings is 2. The first-order chi connectivity index (χ1) is 11.9. The summed E-state index contributed by atoms with van der Waals surface area (Å²) in [7, 11) is 9.24. The second-order valence-corrected chi connectivity index (χ2v) is 9.48. The van der Waals surface area contributed by atoms with Crippen LogP contribution >= 0.6 is 8.88 Å². The third-order valence-corrected chi connectivity index (χ3v) is 7.90. The number of hydrogen-bond donors (Lipinski definition) is 2. The molecule has 7 heteroatoms. The Kier molecular flexibility index (Phi) is 8.33. The molecule has 0 heterocycles. The molecule has 0 saturated carbocycles. The van der Waals surface area contributed by atoms with Crippen LogP contribution in [0.3, 0.4) is 0 Å². The molecule has 0 aliphatic carbocycles. The predicted octanol–water partition coefficient (Wildman–Crippen LogP) is 2.52. The molecule has 0 saturated heterocycles. The second-order valence-electron chi connectivity index (χ2n) is 5.88. The number of hydrogen-bond acceptors (Lipinski definition) is 4. The Morgan fingerprint density at radius 2 is 1.00 bits per heavy atom. The SMILES string of the molecule is CN(C)c1ccc([C](=[W])N[P]N[C](=[W])c2ccc(N(C)C)cc2)cc1.